The molecular weight excluding hydrogens is 813 g/mol. The lowest BCUT2D eigenvalue weighted by Crippen LogP contribution is -2.60. The fourth-order valence-corrected chi connectivity index (χ4v) is 8.03. The third kappa shape index (κ3) is 33.4. The van der Waals surface area contributed by atoms with Gasteiger partial charge in [0.25, 0.3) is 10.1 Å². The number of hydrogen-bond donors (Lipinski definition) is 4. The molecule has 62 heavy (non-hydrogen) atoms. The van der Waals surface area contributed by atoms with Gasteiger partial charge < -0.3 is 34.3 Å². The van der Waals surface area contributed by atoms with Gasteiger partial charge in [-0.3, -0.25) is 14.1 Å². The summed E-state index contributed by atoms with van der Waals surface area (Å²) in [4.78, 5) is 25.5. The molecule has 0 aliphatic carbocycles. The fourth-order valence-electron chi connectivity index (χ4n) is 7.34. The van der Waals surface area contributed by atoms with E-state index in [4.69, 9.17) is 18.9 Å². The first-order valence-corrected chi connectivity index (χ1v) is 26.2. The van der Waals surface area contributed by atoms with Crippen LogP contribution in [0.5, 0.6) is 0 Å². The van der Waals surface area contributed by atoms with Crippen molar-refractivity contribution in [1.29, 1.82) is 0 Å². The van der Waals surface area contributed by atoms with E-state index >= 15 is 0 Å². The summed E-state index contributed by atoms with van der Waals surface area (Å²) in [6.45, 7) is 3.72. The Labute approximate surface area is 376 Å². The number of carbonyl (C=O) groups is 2. The van der Waals surface area contributed by atoms with Crippen LogP contribution in [-0.2, 0) is 38.7 Å². The van der Waals surface area contributed by atoms with Crippen LogP contribution in [0, 0.1) is 0 Å². The standard InChI is InChI=1S/C49H88O12S/c1-3-5-7-9-11-13-15-17-19-20-21-22-24-26-28-30-32-34-36-38-45(51)60-42(40-59-49-48(54)47(53)46(52)43(61-49)41-62(55,56)57)39-58-44(50)37-35-33-31-29-27-25-23-18-16-14-12-10-8-6-4-2/h10-13,17,19,42-43,46-49,52-54H,3-9,14-16,18,20-41H2,1-2H3,(H,55,56,57)/b12-10+,13-11+,19-17+/t42-,43-,46-,47?,48?,49+/m1/s1. The van der Waals surface area contributed by atoms with Crippen LogP contribution in [0.15, 0.2) is 36.5 Å². The van der Waals surface area contributed by atoms with E-state index in [1.54, 1.807) is 0 Å². The van der Waals surface area contributed by atoms with E-state index in [0.717, 1.165) is 57.8 Å². The van der Waals surface area contributed by atoms with Crippen LogP contribution in [0.25, 0.3) is 0 Å². The van der Waals surface area contributed by atoms with Crippen LogP contribution in [0.2, 0.25) is 0 Å². The van der Waals surface area contributed by atoms with Gasteiger partial charge in [0.2, 0.25) is 0 Å². The average Bonchev–Trinajstić information content (AvgIpc) is 3.24. The molecule has 0 bridgehead atoms. The largest absolute Gasteiger partial charge is 0.462 e. The number of unbranched alkanes of at least 4 members (excludes halogenated alkanes) is 23. The normalized spacial score (nSPS) is 20.1. The summed E-state index contributed by atoms with van der Waals surface area (Å²) in [7, 11) is -4.60. The summed E-state index contributed by atoms with van der Waals surface area (Å²) in [5.41, 5.74) is 0. The molecule has 1 heterocycles. The molecule has 6 atom stereocenters. The van der Waals surface area contributed by atoms with Crippen molar-refractivity contribution in [3.05, 3.63) is 36.5 Å². The Morgan fingerprint density at radius 3 is 1.48 bits per heavy atom. The van der Waals surface area contributed by atoms with Gasteiger partial charge in [0.05, 0.1) is 6.61 Å². The van der Waals surface area contributed by atoms with Crippen LogP contribution < -0.4 is 0 Å². The minimum absolute atomic E-state index is 0.160. The second kappa shape index (κ2) is 39.3. The summed E-state index contributed by atoms with van der Waals surface area (Å²) >= 11 is 0. The molecule has 13 heteroatoms. The van der Waals surface area contributed by atoms with Gasteiger partial charge in [-0.25, -0.2) is 0 Å². The second-order valence-electron chi connectivity index (χ2n) is 17.1. The molecular formula is C49H88O12S. The molecule has 12 nitrogen and oxygen atoms in total. The highest BCUT2D eigenvalue weighted by atomic mass is 32.2. The zero-order valence-corrected chi connectivity index (χ0v) is 39.5. The highest BCUT2D eigenvalue weighted by Gasteiger charge is 2.46. The highest BCUT2D eigenvalue weighted by Crippen LogP contribution is 2.24. The molecule has 1 rings (SSSR count). The Hall–Kier alpha value is -2.13. The third-order valence-corrected chi connectivity index (χ3v) is 11.9. The average molecular weight is 901 g/mol. The maximum absolute atomic E-state index is 12.9. The van der Waals surface area contributed by atoms with Gasteiger partial charge in [0, 0.05) is 12.8 Å². The lowest BCUT2D eigenvalue weighted by Gasteiger charge is -2.40. The minimum atomic E-state index is -4.60. The van der Waals surface area contributed by atoms with E-state index in [1.165, 1.54) is 109 Å². The zero-order chi connectivity index (χ0) is 45.5. The predicted molar refractivity (Wildman–Crippen MR) is 247 cm³/mol. The quantitative estimate of drug-likeness (QED) is 0.0197. The van der Waals surface area contributed by atoms with Gasteiger partial charge in [-0.2, -0.15) is 8.42 Å². The lowest BCUT2D eigenvalue weighted by molar-refractivity contribution is -0.297. The number of aliphatic hydroxyl groups is 3. The molecule has 0 aromatic heterocycles. The Bertz CT molecular complexity index is 1290. The van der Waals surface area contributed by atoms with Gasteiger partial charge in [0.1, 0.15) is 36.8 Å². The molecule has 2 unspecified atom stereocenters. The summed E-state index contributed by atoms with van der Waals surface area (Å²) in [6.07, 6.45) is 36.0. The number of ether oxygens (including phenoxy) is 4. The van der Waals surface area contributed by atoms with E-state index in [1.807, 2.05) is 0 Å². The Balaban J connectivity index is 2.40. The SMILES string of the molecule is CCCC/C=C/CCCCCCCCCCCC(=O)OC[C@H](CO[C@H]1O[C@H](CS(=O)(=O)O)[C@@H](O)C(O)C1O)OC(=O)CCCCCCCCCCC/C=C/C/C=C/CCCCC. The van der Waals surface area contributed by atoms with E-state index < -0.39 is 71.2 Å². The van der Waals surface area contributed by atoms with Gasteiger partial charge >= 0.3 is 11.9 Å². The van der Waals surface area contributed by atoms with Crippen LogP contribution >= 0.6 is 0 Å². The maximum Gasteiger partial charge on any atom is 0.306 e. The Morgan fingerprint density at radius 2 is 0.984 bits per heavy atom. The molecule has 1 fully saturated rings. The molecule has 362 valence electrons. The van der Waals surface area contributed by atoms with Crippen molar-refractivity contribution >= 4 is 22.1 Å². The summed E-state index contributed by atoms with van der Waals surface area (Å²) in [6, 6.07) is 0. The number of hydrogen-bond acceptors (Lipinski definition) is 11. The van der Waals surface area contributed by atoms with Crippen molar-refractivity contribution in [2.75, 3.05) is 19.0 Å². The van der Waals surface area contributed by atoms with Crippen molar-refractivity contribution in [1.82, 2.24) is 0 Å². The van der Waals surface area contributed by atoms with Crippen LogP contribution in [0.4, 0.5) is 0 Å². The van der Waals surface area contributed by atoms with Crippen LogP contribution in [0.1, 0.15) is 206 Å². The van der Waals surface area contributed by atoms with Crippen molar-refractivity contribution < 1.29 is 56.8 Å². The van der Waals surface area contributed by atoms with Gasteiger partial charge in [0.15, 0.2) is 12.4 Å². The van der Waals surface area contributed by atoms with Crippen LogP contribution in [-0.4, -0.2) is 96.0 Å². The minimum Gasteiger partial charge on any atom is -0.462 e. The molecule has 0 radical (unpaired) electrons. The first kappa shape index (κ1) is 57.9. The van der Waals surface area contributed by atoms with Gasteiger partial charge in [-0.1, -0.05) is 166 Å². The Kier molecular flexibility index (Phi) is 36.6. The molecule has 4 N–H and O–H groups in total. The van der Waals surface area contributed by atoms with E-state index in [0.29, 0.717) is 12.8 Å². The first-order chi connectivity index (χ1) is 30.0. The topological polar surface area (TPSA) is 186 Å². The zero-order valence-electron chi connectivity index (χ0n) is 38.7. The summed E-state index contributed by atoms with van der Waals surface area (Å²) in [5.74, 6) is -1.99. The Morgan fingerprint density at radius 1 is 0.548 bits per heavy atom. The second-order valence-corrected chi connectivity index (χ2v) is 18.6. The monoisotopic (exact) mass is 901 g/mol. The molecule has 1 saturated heterocycles. The van der Waals surface area contributed by atoms with Crippen molar-refractivity contribution in [2.45, 2.75) is 243 Å². The fraction of sp³-hybridized carbons (Fsp3) is 0.837. The smallest absolute Gasteiger partial charge is 0.306 e. The number of esters is 2. The van der Waals surface area contributed by atoms with Crippen molar-refractivity contribution in [2.24, 2.45) is 0 Å². The van der Waals surface area contributed by atoms with Crippen molar-refractivity contribution in [3.63, 3.8) is 0 Å². The molecule has 1 aliphatic heterocycles. The maximum atomic E-state index is 12.9. The summed E-state index contributed by atoms with van der Waals surface area (Å²) < 4.78 is 54.2. The number of aliphatic hydroxyl groups excluding tert-OH is 3. The van der Waals surface area contributed by atoms with Gasteiger partial charge in [-0.05, 0) is 64.2 Å². The highest BCUT2D eigenvalue weighted by molar-refractivity contribution is 7.85. The predicted octanol–water partition coefficient (Wildman–Crippen LogP) is 10.6. The molecule has 0 saturated carbocycles. The molecule has 0 amide bonds. The van der Waals surface area contributed by atoms with Crippen molar-refractivity contribution in [3.8, 4) is 0 Å². The van der Waals surface area contributed by atoms with Crippen LogP contribution in [0.3, 0.4) is 0 Å². The molecule has 0 spiro atoms. The molecule has 0 aromatic carbocycles. The number of rotatable bonds is 41. The number of allylic oxidation sites excluding steroid dienone is 6. The van der Waals surface area contributed by atoms with Gasteiger partial charge in [-0.15, -0.1) is 0 Å². The summed E-state index contributed by atoms with van der Waals surface area (Å²) in [5, 5.41) is 30.9. The lowest BCUT2D eigenvalue weighted by atomic mass is 10.00. The molecule has 1 aliphatic rings. The van der Waals surface area contributed by atoms with E-state index in [9.17, 15) is 37.9 Å². The van der Waals surface area contributed by atoms with E-state index in [-0.39, 0.29) is 19.4 Å². The first-order valence-electron chi connectivity index (χ1n) is 24.5. The molecule has 0 aromatic rings. The number of carbonyl (C=O) groups excluding carboxylic acids is 2. The third-order valence-electron chi connectivity index (χ3n) is 11.2. The van der Waals surface area contributed by atoms with E-state index in [2.05, 4.69) is 50.3 Å².